The van der Waals surface area contributed by atoms with Crippen molar-refractivity contribution in [2.75, 3.05) is 39.4 Å². The van der Waals surface area contributed by atoms with Crippen molar-refractivity contribution >= 4 is 5.91 Å². The molecule has 0 aromatic carbocycles. The number of nitrogens with one attached hydrogen (secondary N) is 1. The van der Waals surface area contributed by atoms with Gasteiger partial charge in [-0.2, -0.15) is 0 Å². The van der Waals surface area contributed by atoms with E-state index >= 15 is 0 Å². The van der Waals surface area contributed by atoms with Crippen LogP contribution in [-0.2, 0) is 4.79 Å². The predicted octanol–water partition coefficient (Wildman–Crippen LogP) is 0.108. The molecule has 2 heterocycles. The van der Waals surface area contributed by atoms with Gasteiger partial charge in [0, 0.05) is 13.1 Å². The minimum Gasteiger partial charge on any atom is -0.329 e. The Bertz CT molecular complexity index is 226. The first-order chi connectivity index (χ1) is 7.29. The third-order valence-corrected chi connectivity index (χ3v) is 3.44. The summed E-state index contributed by atoms with van der Waals surface area (Å²) in [6.07, 6.45) is 2.52. The van der Waals surface area contributed by atoms with Crippen LogP contribution >= 0.6 is 0 Å². The first kappa shape index (κ1) is 10.9. The minimum atomic E-state index is 0.298. The van der Waals surface area contributed by atoms with Crippen molar-refractivity contribution in [1.29, 1.82) is 0 Å². The highest BCUT2D eigenvalue weighted by Gasteiger charge is 2.27. The monoisotopic (exact) mass is 211 g/mol. The lowest BCUT2D eigenvalue weighted by molar-refractivity contribution is -0.126. The van der Waals surface area contributed by atoms with E-state index in [9.17, 15) is 4.79 Å². The second kappa shape index (κ2) is 4.94. The highest BCUT2D eigenvalue weighted by molar-refractivity contribution is 5.79. The van der Waals surface area contributed by atoms with Crippen LogP contribution in [0.25, 0.3) is 0 Å². The number of hydrogen-bond donors (Lipinski definition) is 1. The Morgan fingerprint density at radius 2 is 2.13 bits per heavy atom. The van der Waals surface area contributed by atoms with Gasteiger partial charge in [0.1, 0.15) is 0 Å². The van der Waals surface area contributed by atoms with Crippen molar-refractivity contribution in [3.63, 3.8) is 0 Å². The maximum Gasteiger partial charge on any atom is 0.237 e. The van der Waals surface area contributed by atoms with Crippen molar-refractivity contribution in [2.45, 2.75) is 19.8 Å². The second-order valence-electron chi connectivity index (χ2n) is 4.60. The molecule has 0 aromatic rings. The number of nitrogens with zero attached hydrogens (tertiary/aromatic N) is 2. The molecule has 0 bridgehead atoms. The van der Waals surface area contributed by atoms with E-state index in [0.29, 0.717) is 12.5 Å². The van der Waals surface area contributed by atoms with Gasteiger partial charge in [-0.3, -0.25) is 9.69 Å². The summed E-state index contributed by atoms with van der Waals surface area (Å²) < 4.78 is 0. The quantitative estimate of drug-likeness (QED) is 0.719. The molecule has 0 spiro atoms. The zero-order chi connectivity index (χ0) is 10.7. The highest BCUT2D eigenvalue weighted by Crippen LogP contribution is 2.16. The van der Waals surface area contributed by atoms with E-state index in [1.54, 1.807) is 0 Å². The van der Waals surface area contributed by atoms with Gasteiger partial charge in [0.2, 0.25) is 5.91 Å². The Kier molecular flexibility index (Phi) is 3.59. The van der Waals surface area contributed by atoms with E-state index in [4.69, 9.17) is 0 Å². The van der Waals surface area contributed by atoms with Gasteiger partial charge < -0.3 is 10.2 Å². The molecule has 0 radical (unpaired) electrons. The van der Waals surface area contributed by atoms with Crippen molar-refractivity contribution in [3.05, 3.63) is 0 Å². The second-order valence-corrected chi connectivity index (χ2v) is 4.60. The number of piperidine rings is 1. The fourth-order valence-electron chi connectivity index (χ4n) is 2.49. The number of carbonyl (C=O) groups excluding carboxylic acids is 1. The average Bonchev–Trinajstić information content (AvgIpc) is 2.60. The van der Waals surface area contributed by atoms with Gasteiger partial charge in [-0.15, -0.1) is 0 Å². The Balaban J connectivity index is 1.78. The molecule has 2 rings (SSSR count). The third-order valence-electron chi connectivity index (χ3n) is 3.44. The standard InChI is InChI=1S/C11H21N3O/c1-2-14-9-13(8-11(14)15)7-10-3-5-12-6-4-10/h10,12H,2-9H2,1H3. The highest BCUT2D eigenvalue weighted by atomic mass is 16.2. The number of carbonyl (C=O) groups is 1. The molecule has 0 saturated carbocycles. The summed E-state index contributed by atoms with van der Waals surface area (Å²) >= 11 is 0. The van der Waals surface area contributed by atoms with Crippen molar-refractivity contribution in [1.82, 2.24) is 15.1 Å². The third kappa shape index (κ3) is 2.69. The molecule has 1 N–H and O–H groups in total. The van der Waals surface area contributed by atoms with Gasteiger partial charge in [-0.05, 0) is 38.8 Å². The number of hydrogen-bond acceptors (Lipinski definition) is 3. The maximum absolute atomic E-state index is 11.5. The maximum atomic E-state index is 11.5. The van der Waals surface area contributed by atoms with E-state index in [1.807, 2.05) is 11.8 Å². The predicted molar refractivity (Wildman–Crippen MR) is 59.4 cm³/mol. The normalized spacial score (nSPS) is 25.1. The minimum absolute atomic E-state index is 0.298. The summed E-state index contributed by atoms with van der Waals surface area (Å²) in [5.41, 5.74) is 0. The molecule has 1 amide bonds. The molecule has 2 saturated heterocycles. The van der Waals surface area contributed by atoms with Crippen LogP contribution in [0.15, 0.2) is 0 Å². The van der Waals surface area contributed by atoms with Gasteiger partial charge in [0.15, 0.2) is 0 Å². The molecular weight excluding hydrogens is 190 g/mol. The molecule has 86 valence electrons. The molecule has 4 nitrogen and oxygen atoms in total. The van der Waals surface area contributed by atoms with Crippen LogP contribution in [0.1, 0.15) is 19.8 Å². The van der Waals surface area contributed by atoms with Gasteiger partial charge in [-0.1, -0.05) is 0 Å². The Labute approximate surface area is 91.6 Å². The molecule has 0 aliphatic carbocycles. The SMILES string of the molecule is CCN1CN(CC2CCNCC2)CC1=O. The lowest BCUT2D eigenvalue weighted by atomic mass is 9.98. The zero-order valence-electron chi connectivity index (χ0n) is 9.54. The number of rotatable bonds is 3. The van der Waals surface area contributed by atoms with Crippen molar-refractivity contribution in [3.8, 4) is 0 Å². The first-order valence-corrected chi connectivity index (χ1v) is 6.00. The molecule has 2 aliphatic rings. The first-order valence-electron chi connectivity index (χ1n) is 6.00. The van der Waals surface area contributed by atoms with Gasteiger partial charge in [0.05, 0.1) is 13.2 Å². The molecule has 2 aliphatic heterocycles. The Hall–Kier alpha value is -0.610. The van der Waals surface area contributed by atoms with Crippen LogP contribution in [0.4, 0.5) is 0 Å². The van der Waals surface area contributed by atoms with Crippen LogP contribution in [0, 0.1) is 5.92 Å². The van der Waals surface area contributed by atoms with Crippen molar-refractivity contribution in [2.24, 2.45) is 5.92 Å². The van der Waals surface area contributed by atoms with Gasteiger partial charge in [-0.25, -0.2) is 0 Å². The summed E-state index contributed by atoms with van der Waals surface area (Å²) in [6, 6.07) is 0. The molecule has 4 heteroatoms. The summed E-state index contributed by atoms with van der Waals surface area (Å²) in [4.78, 5) is 15.8. The summed E-state index contributed by atoms with van der Waals surface area (Å²) in [6.45, 7) is 7.77. The number of amides is 1. The van der Waals surface area contributed by atoms with Crippen LogP contribution < -0.4 is 5.32 Å². The lowest BCUT2D eigenvalue weighted by Crippen LogP contribution is -2.36. The van der Waals surface area contributed by atoms with E-state index in [0.717, 1.165) is 38.8 Å². The van der Waals surface area contributed by atoms with Crippen molar-refractivity contribution < 1.29 is 4.79 Å². The Morgan fingerprint density at radius 3 is 2.73 bits per heavy atom. The molecule has 0 atom stereocenters. The topological polar surface area (TPSA) is 35.6 Å². The summed E-state index contributed by atoms with van der Waals surface area (Å²) in [7, 11) is 0. The summed E-state index contributed by atoms with van der Waals surface area (Å²) in [5, 5.41) is 3.37. The smallest absolute Gasteiger partial charge is 0.237 e. The van der Waals surface area contributed by atoms with Crippen LogP contribution in [-0.4, -0.2) is 55.1 Å². The fourth-order valence-corrected chi connectivity index (χ4v) is 2.49. The average molecular weight is 211 g/mol. The summed E-state index contributed by atoms with van der Waals surface area (Å²) in [5.74, 6) is 1.09. The van der Waals surface area contributed by atoms with E-state index in [-0.39, 0.29) is 0 Å². The van der Waals surface area contributed by atoms with Crippen LogP contribution in [0.3, 0.4) is 0 Å². The molecule has 0 unspecified atom stereocenters. The van der Waals surface area contributed by atoms with Crippen LogP contribution in [0.2, 0.25) is 0 Å². The largest absolute Gasteiger partial charge is 0.329 e. The van der Waals surface area contributed by atoms with Gasteiger partial charge >= 0.3 is 0 Å². The number of likely N-dealkylation sites (N-methyl/N-ethyl adjacent to an activating group) is 1. The molecule has 2 fully saturated rings. The zero-order valence-corrected chi connectivity index (χ0v) is 9.54. The van der Waals surface area contributed by atoms with E-state index in [2.05, 4.69) is 10.2 Å². The van der Waals surface area contributed by atoms with Crippen LogP contribution in [0.5, 0.6) is 0 Å². The van der Waals surface area contributed by atoms with E-state index in [1.165, 1.54) is 12.8 Å². The molecule has 15 heavy (non-hydrogen) atoms. The molecular formula is C11H21N3O. The lowest BCUT2D eigenvalue weighted by Gasteiger charge is -2.26. The van der Waals surface area contributed by atoms with Gasteiger partial charge in [0.25, 0.3) is 0 Å². The molecule has 0 aromatic heterocycles. The Morgan fingerprint density at radius 1 is 1.40 bits per heavy atom. The van der Waals surface area contributed by atoms with E-state index < -0.39 is 0 Å². The fraction of sp³-hybridized carbons (Fsp3) is 0.909.